The van der Waals surface area contributed by atoms with Gasteiger partial charge in [0.05, 0.1) is 0 Å². The zero-order valence-electron chi connectivity index (χ0n) is 19.4. The van der Waals surface area contributed by atoms with Crippen LogP contribution in [0.1, 0.15) is 25.0 Å². The second kappa shape index (κ2) is 10.6. The van der Waals surface area contributed by atoms with Gasteiger partial charge in [-0.15, -0.1) is 0 Å². The minimum atomic E-state index is -0.479. The first-order chi connectivity index (χ1) is 15.6. The molecule has 0 aliphatic heterocycles. The molecule has 0 aliphatic carbocycles. The fraction of sp³-hybridized carbons (Fsp3) is 0.200. The second-order valence-electron chi connectivity index (χ2n) is 8.47. The molecule has 0 fully saturated rings. The highest BCUT2D eigenvalue weighted by molar-refractivity contribution is 7.77. The number of aryl methyl sites for hydroxylation is 2. The van der Waals surface area contributed by atoms with Crippen molar-refractivity contribution in [1.29, 1.82) is 0 Å². The van der Waals surface area contributed by atoms with E-state index in [-0.39, 0.29) is 0 Å². The van der Waals surface area contributed by atoms with Crippen molar-refractivity contribution < 1.29 is 0 Å². The van der Waals surface area contributed by atoms with Crippen molar-refractivity contribution in [2.45, 2.75) is 39.0 Å². The summed E-state index contributed by atoms with van der Waals surface area (Å²) >= 11 is 0. The van der Waals surface area contributed by atoms with E-state index in [9.17, 15) is 0 Å². The molecule has 2 heteroatoms. The van der Waals surface area contributed by atoms with E-state index in [2.05, 4.69) is 137 Å². The number of hydrogen-bond acceptors (Lipinski definition) is 0. The van der Waals surface area contributed by atoms with Crippen molar-refractivity contribution in [3.63, 3.8) is 0 Å². The number of hydrogen-bond donors (Lipinski definition) is 0. The predicted molar refractivity (Wildman–Crippen MR) is 147 cm³/mol. The molecule has 32 heavy (non-hydrogen) atoms. The maximum absolute atomic E-state index is 2.49. The van der Waals surface area contributed by atoms with Gasteiger partial charge in [0.25, 0.3) is 0 Å². The Balaban J connectivity index is 1.82. The van der Waals surface area contributed by atoms with Crippen molar-refractivity contribution >= 4 is 37.1 Å². The van der Waals surface area contributed by atoms with Crippen molar-refractivity contribution in [2.24, 2.45) is 0 Å². The van der Waals surface area contributed by atoms with E-state index in [1.54, 1.807) is 0 Å². The van der Waals surface area contributed by atoms with Crippen LogP contribution in [-0.2, 0) is 0 Å². The first kappa shape index (κ1) is 22.9. The summed E-state index contributed by atoms with van der Waals surface area (Å²) in [5.74, 6) is 0. The van der Waals surface area contributed by atoms with Crippen molar-refractivity contribution in [3.05, 3.63) is 120 Å². The summed E-state index contributed by atoms with van der Waals surface area (Å²) in [5, 5.41) is 5.98. The van der Waals surface area contributed by atoms with Gasteiger partial charge in [-0.2, -0.15) is 0 Å². The smallest absolute Gasteiger partial charge is 0.00860 e. The Morgan fingerprint density at radius 1 is 0.438 bits per heavy atom. The fourth-order valence-electron chi connectivity index (χ4n) is 4.46. The lowest BCUT2D eigenvalue weighted by molar-refractivity contribution is 0.911. The van der Waals surface area contributed by atoms with Crippen LogP contribution in [0.15, 0.2) is 109 Å². The summed E-state index contributed by atoms with van der Waals surface area (Å²) in [7, 11) is -0.958. The number of benzene rings is 4. The lowest BCUT2D eigenvalue weighted by Crippen LogP contribution is -2.32. The van der Waals surface area contributed by atoms with E-state index in [0.29, 0.717) is 11.3 Å². The third-order valence-electron chi connectivity index (χ3n) is 6.33. The quantitative estimate of drug-likeness (QED) is 0.275. The highest BCUT2D eigenvalue weighted by Crippen LogP contribution is 2.51. The van der Waals surface area contributed by atoms with Crippen LogP contribution in [0.3, 0.4) is 0 Å². The van der Waals surface area contributed by atoms with Crippen LogP contribution in [-0.4, -0.2) is 11.3 Å². The summed E-state index contributed by atoms with van der Waals surface area (Å²) in [5.41, 5.74) is 3.89. The molecule has 162 valence electrons. The lowest BCUT2D eigenvalue weighted by Gasteiger charge is -2.36. The van der Waals surface area contributed by atoms with Crippen LogP contribution < -0.4 is 21.2 Å². The van der Waals surface area contributed by atoms with Gasteiger partial charge in [-0.25, -0.2) is 0 Å². The van der Waals surface area contributed by atoms with E-state index in [4.69, 9.17) is 0 Å². The van der Waals surface area contributed by atoms with E-state index in [0.717, 1.165) is 0 Å². The fourth-order valence-corrected chi connectivity index (χ4v) is 10.9. The average Bonchev–Trinajstić information content (AvgIpc) is 2.83. The van der Waals surface area contributed by atoms with Crippen molar-refractivity contribution in [2.75, 3.05) is 0 Å². The van der Waals surface area contributed by atoms with E-state index in [1.165, 1.54) is 32.3 Å². The topological polar surface area (TPSA) is 0 Å². The molecule has 0 aromatic heterocycles. The van der Waals surface area contributed by atoms with Gasteiger partial charge in [-0.1, -0.05) is 123 Å². The molecule has 0 spiro atoms. The molecule has 4 atom stereocenters. The molecule has 4 aromatic carbocycles. The highest BCUT2D eigenvalue weighted by atomic mass is 31.1. The predicted octanol–water partition coefficient (Wildman–Crippen LogP) is 6.65. The largest absolute Gasteiger partial charge is 0.0622 e. The Bertz CT molecular complexity index is 1040. The normalized spacial score (nSPS) is 15.0. The summed E-state index contributed by atoms with van der Waals surface area (Å²) in [4.78, 5) is 0. The first-order valence-corrected chi connectivity index (χ1v) is 14.2. The first-order valence-electron chi connectivity index (χ1n) is 11.4. The molecule has 0 N–H and O–H groups in total. The number of rotatable bonds is 7. The van der Waals surface area contributed by atoms with Crippen LogP contribution in [0, 0.1) is 13.8 Å². The molecule has 0 nitrogen and oxygen atoms in total. The van der Waals surface area contributed by atoms with Crippen LogP contribution in [0.2, 0.25) is 0 Å². The lowest BCUT2D eigenvalue weighted by atomic mass is 10.2. The van der Waals surface area contributed by atoms with E-state index < -0.39 is 15.8 Å². The molecule has 0 saturated carbocycles. The van der Waals surface area contributed by atoms with Gasteiger partial charge in [0, 0.05) is 0 Å². The average molecular weight is 455 g/mol. The summed E-state index contributed by atoms with van der Waals surface area (Å²) in [6.07, 6.45) is 0. The summed E-state index contributed by atoms with van der Waals surface area (Å²) < 4.78 is 0. The summed E-state index contributed by atoms with van der Waals surface area (Å²) in [6.45, 7) is 9.53. The van der Waals surface area contributed by atoms with E-state index >= 15 is 0 Å². The minimum Gasteiger partial charge on any atom is -0.0622 e. The molecule has 4 rings (SSSR count). The third kappa shape index (κ3) is 4.88. The van der Waals surface area contributed by atoms with Crippen molar-refractivity contribution in [1.82, 2.24) is 0 Å². The second-order valence-corrected chi connectivity index (χ2v) is 13.6. The molecule has 0 saturated heterocycles. The Labute approximate surface area is 196 Å². The SMILES string of the molecule is Cc1ccccc1P(c1ccccc1)[C@@H](C)[C@H](C)P(c1ccccc1)c1ccccc1C. The molecule has 0 bridgehead atoms. The maximum atomic E-state index is 2.49. The Hall–Kier alpha value is -2.26. The highest BCUT2D eigenvalue weighted by Gasteiger charge is 2.33. The van der Waals surface area contributed by atoms with Gasteiger partial charge in [0.1, 0.15) is 0 Å². The Morgan fingerprint density at radius 3 is 1.09 bits per heavy atom. The van der Waals surface area contributed by atoms with Crippen molar-refractivity contribution in [3.8, 4) is 0 Å². The minimum absolute atomic E-state index is 0.479. The molecule has 0 amide bonds. The third-order valence-corrected chi connectivity index (χ3v) is 12.8. The van der Waals surface area contributed by atoms with Gasteiger partial charge in [0.2, 0.25) is 0 Å². The van der Waals surface area contributed by atoms with Crippen LogP contribution in [0.25, 0.3) is 0 Å². The monoisotopic (exact) mass is 454 g/mol. The van der Waals surface area contributed by atoms with Gasteiger partial charge >= 0.3 is 0 Å². The van der Waals surface area contributed by atoms with Gasteiger partial charge in [-0.05, 0) is 73.4 Å². The summed E-state index contributed by atoms with van der Waals surface area (Å²) in [6, 6.07) is 40.4. The molecule has 0 radical (unpaired) electrons. The van der Waals surface area contributed by atoms with Gasteiger partial charge in [-0.3, -0.25) is 0 Å². The zero-order valence-corrected chi connectivity index (χ0v) is 21.2. The zero-order chi connectivity index (χ0) is 22.5. The van der Waals surface area contributed by atoms with E-state index in [1.807, 2.05) is 0 Å². The molecule has 4 aromatic rings. The Kier molecular flexibility index (Phi) is 7.57. The van der Waals surface area contributed by atoms with Crippen LogP contribution >= 0.6 is 15.8 Å². The molecule has 2 unspecified atom stereocenters. The van der Waals surface area contributed by atoms with Crippen LogP contribution in [0.4, 0.5) is 0 Å². The molecule has 0 heterocycles. The van der Waals surface area contributed by atoms with Gasteiger partial charge in [0.15, 0.2) is 0 Å². The van der Waals surface area contributed by atoms with Gasteiger partial charge < -0.3 is 0 Å². The molecule has 0 aliphatic rings. The molecular formula is C30H32P2. The van der Waals surface area contributed by atoms with Crippen LogP contribution in [0.5, 0.6) is 0 Å². The Morgan fingerprint density at radius 2 is 0.750 bits per heavy atom. The standard InChI is InChI=1S/C30H32P2/c1-23-15-11-13-21-29(23)31(27-17-7-5-8-18-27)25(3)26(4)32(28-19-9-6-10-20-28)30-22-14-12-16-24(30)2/h5-22,25-26H,1-4H3/t25-,26-,31?,32?/m0/s1. The maximum Gasteiger partial charge on any atom is -0.00860 e. The molecular weight excluding hydrogens is 422 g/mol.